The highest BCUT2D eigenvalue weighted by atomic mass is 16.5. The molecular weight excluding hydrogens is 284 g/mol. The first-order valence-corrected chi connectivity index (χ1v) is 7.45. The summed E-state index contributed by atoms with van der Waals surface area (Å²) in [6, 6.07) is 7.77. The largest absolute Gasteiger partial charge is 0.469 e. The predicted octanol–water partition coefficient (Wildman–Crippen LogP) is 2.15. The third kappa shape index (κ3) is 3.13. The van der Waals surface area contributed by atoms with Crippen molar-refractivity contribution < 1.29 is 18.7 Å². The van der Waals surface area contributed by atoms with Crippen LogP contribution in [0.3, 0.4) is 0 Å². The fraction of sp³-hybridized carbons (Fsp3) is 0.500. The molecule has 6 nitrogen and oxygen atoms in total. The van der Waals surface area contributed by atoms with Crippen LogP contribution in [0.5, 0.6) is 0 Å². The van der Waals surface area contributed by atoms with Gasteiger partial charge in [0.05, 0.1) is 32.3 Å². The summed E-state index contributed by atoms with van der Waals surface area (Å²) in [4.78, 5) is 18.2. The van der Waals surface area contributed by atoms with Crippen LogP contribution in [-0.4, -0.2) is 48.8 Å². The number of carbonyl (C=O) groups excluding carboxylic acids is 1. The summed E-state index contributed by atoms with van der Waals surface area (Å²) in [5.74, 6) is 0.446. The number of oxazole rings is 1. The lowest BCUT2D eigenvalue weighted by Crippen LogP contribution is -2.44. The van der Waals surface area contributed by atoms with Crippen LogP contribution in [0, 0.1) is 0 Å². The van der Waals surface area contributed by atoms with Crippen LogP contribution in [-0.2, 0) is 14.3 Å². The first-order valence-electron chi connectivity index (χ1n) is 7.45. The van der Waals surface area contributed by atoms with Crippen molar-refractivity contribution in [2.45, 2.75) is 25.5 Å². The van der Waals surface area contributed by atoms with Crippen molar-refractivity contribution in [2.24, 2.45) is 0 Å². The van der Waals surface area contributed by atoms with Crippen LogP contribution in [0.25, 0.3) is 11.1 Å². The third-order valence-electron chi connectivity index (χ3n) is 4.01. The maximum Gasteiger partial charge on any atom is 0.308 e. The molecule has 0 amide bonds. The van der Waals surface area contributed by atoms with Gasteiger partial charge < -0.3 is 13.9 Å². The molecule has 2 atom stereocenters. The van der Waals surface area contributed by atoms with Crippen molar-refractivity contribution in [3.05, 3.63) is 30.2 Å². The van der Waals surface area contributed by atoms with Gasteiger partial charge in [0.1, 0.15) is 5.52 Å². The second-order valence-corrected chi connectivity index (χ2v) is 5.46. The maximum atomic E-state index is 11.4. The quantitative estimate of drug-likeness (QED) is 0.806. The van der Waals surface area contributed by atoms with E-state index in [-0.39, 0.29) is 24.5 Å². The number of esters is 1. The van der Waals surface area contributed by atoms with Crippen LogP contribution < -0.4 is 0 Å². The van der Waals surface area contributed by atoms with E-state index in [4.69, 9.17) is 13.9 Å². The van der Waals surface area contributed by atoms with Crippen LogP contribution >= 0.6 is 0 Å². The molecule has 3 rings (SSSR count). The number of carbonyl (C=O) groups is 1. The van der Waals surface area contributed by atoms with E-state index in [1.165, 1.54) is 7.11 Å². The van der Waals surface area contributed by atoms with E-state index in [1.54, 1.807) is 0 Å². The first-order chi connectivity index (χ1) is 10.7. The number of fused-ring (bicyclic) bond motifs is 1. The number of aromatic nitrogens is 1. The van der Waals surface area contributed by atoms with Crippen LogP contribution in [0.4, 0.5) is 0 Å². The molecule has 22 heavy (non-hydrogen) atoms. The second-order valence-electron chi connectivity index (χ2n) is 5.46. The van der Waals surface area contributed by atoms with Gasteiger partial charge in [-0.25, -0.2) is 4.98 Å². The number of morpholine rings is 1. The van der Waals surface area contributed by atoms with Gasteiger partial charge in [0.25, 0.3) is 0 Å². The Bertz CT molecular complexity index is 621. The van der Waals surface area contributed by atoms with Crippen molar-refractivity contribution in [2.75, 3.05) is 26.8 Å². The fourth-order valence-electron chi connectivity index (χ4n) is 2.71. The molecule has 2 aromatic rings. The SMILES string of the molecule is COC(=O)CC1CN(C(C)c2nc3ccccc3o2)CCO1. The molecule has 0 spiro atoms. The monoisotopic (exact) mass is 304 g/mol. The Morgan fingerprint density at radius 1 is 1.50 bits per heavy atom. The Labute approximate surface area is 129 Å². The Morgan fingerprint density at radius 2 is 2.32 bits per heavy atom. The van der Waals surface area contributed by atoms with E-state index in [0.717, 1.165) is 17.6 Å². The van der Waals surface area contributed by atoms with E-state index >= 15 is 0 Å². The van der Waals surface area contributed by atoms with Gasteiger partial charge in [0, 0.05) is 13.1 Å². The summed E-state index contributed by atoms with van der Waals surface area (Å²) in [6.07, 6.45) is 0.126. The van der Waals surface area contributed by atoms with E-state index in [2.05, 4.69) is 16.8 Å². The van der Waals surface area contributed by atoms with Crippen LogP contribution in [0.1, 0.15) is 25.3 Å². The molecule has 0 radical (unpaired) electrons. The third-order valence-corrected chi connectivity index (χ3v) is 4.01. The zero-order valence-corrected chi connectivity index (χ0v) is 12.8. The van der Waals surface area contributed by atoms with E-state index < -0.39 is 0 Å². The zero-order valence-electron chi connectivity index (χ0n) is 12.8. The summed E-state index contributed by atoms with van der Waals surface area (Å²) < 4.78 is 16.2. The lowest BCUT2D eigenvalue weighted by atomic mass is 10.1. The lowest BCUT2D eigenvalue weighted by molar-refractivity contribution is -0.146. The number of hydrogen-bond acceptors (Lipinski definition) is 6. The average molecular weight is 304 g/mol. The van der Waals surface area contributed by atoms with E-state index in [1.807, 2.05) is 24.3 Å². The number of benzene rings is 1. The number of hydrogen-bond donors (Lipinski definition) is 0. The molecule has 6 heteroatoms. The molecule has 1 aliphatic heterocycles. The molecule has 0 aliphatic carbocycles. The minimum Gasteiger partial charge on any atom is -0.469 e. The molecule has 1 saturated heterocycles. The van der Waals surface area contributed by atoms with Crippen molar-refractivity contribution >= 4 is 17.1 Å². The molecular formula is C16H20N2O4. The van der Waals surface area contributed by atoms with Gasteiger partial charge in [0.15, 0.2) is 5.58 Å². The summed E-state index contributed by atoms with van der Waals surface area (Å²) in [5.41, 5.74) is 1.66. The van der Waals surface area contributed by atoms with Crippen molar-refractivity contribution in [1.29, 1.82) is 0 Å². The number of ether oxygens (including phenoxy) is 2. The van der Waals surface area contributed by atoms with Gasteiger partial charge in [-0.3, -0.25) is 9.69 Å². The van der Waals surface area contributed by atoms with Crippen LogP contribution in [0.2, 0.25) is 0 Å². The summed E-state index contributed by atoms with van der Waals surface area (Å²) in [5, 5.41) is 0. The molecule has 2 unspecified atom stereocenters. The van der Waals surface area contributed by atoms with E-state index in [9.17, 15) is 4.79 Å². The van der Waals surface area contributed by atoms with Gasteiger partial charge in [0.2, 0.25) is 5.89 Å². The summed E-state index contributed by atoms with van der Waals surface area (Å²) in [7, 11) is 1.39. The minimum atomic E-state index is -0.249. The highest BCUT2D eigenvalue weighted by molar-refractivity contribution is 5.72. The number of rotatable bonds is 4. The molecule has 1 fully saturated rings. The predicted molar refractivity (Wildman–Crippen MR) is 80.4 cm³/mol. The highest BCUT2D eigenvalue weighted by Gasteiger charge is 2.29. The molecule has 118 valence electrons. The summed E-state index contributed by atoms with van der Waals surface area (Å²) in [6.45, 7) is 4.10. The molecule has 1 aromatic heterocycles. The number of methoxy groups -OCH3 is 1. The summed E-state index contributed by atoms with van der Waals surface area (Å²) >= 11 is 0. The number of nitrogens with zero attached hydrogens (tertiary/aromatic N) is 2. The Morgan fingerprint density at radius 3 is 3.09 bits per heavy atom. The first kappa shape index (κ1) is 15.0. The minimum absolute atomic E-state index is 0.0384. The number of para-hydroxylation sites is 2. The van der Waals surface area contributed by atoms with Gasteiger partial charge in [-0.2, -0.15) is 0 Å². The Kier molecular flexibility index (Phi) is 4.40. The molecule has 1 aromatic carbocycles. The lowest BCUT2D eigenvalue weighted by Gasteiger charge is -2.35. The zero-order chi connectivity index (χ0) is 15.5. The van der Waals surface area contributed by atoms with Crippen molar-refractivity contribution in [3.8, 4) is 0 Å². The van der Waals surface area contributed by atoms with Gasteiger partial charge in [-0.1, -0.05) is 12.1 Å². The maximum absolute atomic E-state index is 11.4. The van der Waals surface area contributed by atoms with Gasteiger partial charge in [-0.15, -0.1) is 0 Å². The second kappa shape index (κ2) is 6.46. The Hall–Kier alpha value is -1.92. The fourth-order valence-corrected chi connectivity index (χ4v) is 2.71. The van der Waals surface area contributed by atoms with Gasteiger partial charge >= 0.3 is 5.97 Å². The van der Waals surface area contributed by atoms with Crippen molar-refractivity contribution in [1.82, 2.24) is 9.88 Å². The topological polar surface area (TPSA) is 64.8 Å². The van der Waals surface area contributed by atoms with Gasteiger partial charge in [-0.05, 0) is 19.1 Å². The Balaban J connectivity index is 1.70. The van der Waals surface area contributed by atoms with Crippen molar-refractivity contribution in [3.63, 3.8) is 0 Å². The normalized spacial score (nSPS) is 20.9. The smallest absolute Gasteiger partial charge is 0.308 e. The highest BCUT2D eigenvalue weighted by Crippen LogP contribution is 2.26. The molecule has 0 N–H and O–H groups in total. The molecule has 1 aliphatic rings. The molecule has 2 heterocycles. The standard InChI is InChI=1S/C16H20N2O4/c1-11(16-17-13-5-3-4-6-14(13)22-16)18-7-8-21-12(10-18)9-15(19)20-2/h3-6,11-12H,7-10H2,1-2H3. The average Bonchev–Trinajstić information content (AvgIpc) is 2.98. The molecule has 0 saturated carbocycles. The molecule has 0 bridgehead atoms. The van der Waals surface area contributed by atoms with Crippen LogP contribution in [0.15, 0.2) is 28.7 Å². The van der Waals surface area contributed by atoms with E-state index in [0.29, 0.717) is 19.0 Å².